The number of hydrogen-bond donors (Lipinski definition) is 0. The molecule has 0 aliphatic carbocycles. The molecule has 30 heavy (non-hydrogen) atoms. The molecular formula is C21H22ClN5O3. The summed E-state index contributed by atoms with van der Waals surface area (Å²) in [5.74, 6) is 0.694. The second-order valence-electron chi connectivity index (χ2n) is 7.29. The summed E-state index contributed by atoms with van der Waals surface area (Å²) < 4.78 is 2.05. The smallest absolute Gasteiger partial charge is 0.287 e. The molecule has 8 nitrogen and oxygen atoms in total. The van der Waals surface area contributed by atoms with Gasteiger partial charge in [-0.05, 0) is 43.7 Å². The highest BCUT2D eigenvalue weighted by atomic mass is 35.5. The maximum atomic E-state index is 13.4. The molecule has 1 aliphatic heterocycles. The van der Waals surface area contributed by atoms with Gasteiger partial charge in [0.2, 0.25) is 0 Å². The number of fused-ring (bicyclic) bond motifs is 1. The zero-order valence-corrected chi connectivity index (χ0v) is 17.6. The second-order valence-corrected chi connectivity index (χ2v) is 7.73. The van der Waals surface area contributed by atoms with E-state index in [1.165, 1.54) is 12.3 Å². The van der Waals surface area contributed by atoms with Crippen LogP contribution in [0.1, 0.15) is 23.0 Å². The van der Waals surface area contributed by atoms with Gasteiger partial charge in [-0.3, -0.25) is 14.9 Å². The molecular weight excluding hydrogens is 406 g/mol. The van der Waals surface area contributed by atoms with Gasteiger partial charge in [0.05, 0.1) is 4.92 Å². The molecule has 2 aromatic heterocycles. The summed E-state index contributed by atoms with van der Waals surface area (Å²) in [7, 11) is 0. The minimum absolute atomic E-state index is 0.0120. The van der Waals surface area contributed by atoms with Gasteiger partial charge in [0.15, 0.2) is 0 Å². The zero-order valence-electron chi connectivity index (χ0n) is 16.8. The number of nitro groups is 1. The Morgan fingerprint density at radius 2 is 1.93 bits per heavy atom. The molecule has 1 aromatic carbocycles. The van der Waals surface area contributed by atoms with Gasteiger partial charge in [0, 0.05) is 54.7 Å². The molecule has 1 aliphatic rings. The van der Waals surface area contributed by atoms with Crippen LogP contribution in [0.2, 0.25) is 5.02 Å². The molecule has 9 heteroatoms. The lowest BCUT2D eigenvalue weighted by molar-refractivity contribution is -0.385. The zero-order chi connectivity index (χ0) is 21.4. The number of rotatable bonds is 4. The first-order valence-electron chi connectivity index (χ1n) is 9.83. The van der Waals surface area contributed by atoms with E-state index >= 15 is 0 Å². The Hall–Kier alpha value is -3.13. The Bertz CT molecular complexity index is 1120. The highest BCUT2D eigenvalue weighted by molar-refractivity contribution is 6.31. The largest absolute Gasteiger partial charge is 0.353 e. The highest BCUT2D eigenvalue weighted by Gasteiger charge is 2.27. The van der Waals surface area contributed by atoms with Crippen LogP contribution in [0.4, 0.5) is 11.5 Å². The van der Waals surface area contributed by atoms with E-state index in [9.17, 15) is 14.9 Å². The van der Waals surface area contributed by atoms with E-state index in [4.69, 9.17) is 11.6 Å². The topological polar surface area (TPSA) is 84.5 Å². The lowest BCUT2D eigenvalue weighted by atomic mass is 10.1. The third kappa shape index (κ3) is 3.47. The minimum atomic E-state index is -0.463. The van der Waals surface area contributed by atoms with Crippen LogP contribution in [0, 0.1) is 17.0 Å². The molecule has 1 fully saturated rings. The summed E-state index contributed by atoms with van der Waals surface area (Å²) in [6.07, 6.45) is 1.26. The predicted octanol–water partition coefficient (Wildman–Crippen LogP) is 3.89. The maximum absolute atomic E-state index is 13.4. The van der Waals surface area contributed by atoms with E-state index in [0.29, 0.717) is 49.3 Å². The quantitative estimate of drug-likeness (QED) is 0.466. The fraction of sp³-hybridized carbons (Fsp3) is 0.333. The number of aromatic nitrogens is 2. The third-order valence-electron chi connectivity index (χ3n) is 5.63. The van der Waals surface area contributed by atoms with Crippen LogP contribution in [0.25, 0.3) is 10.9 Å². The number of hydrogen-bond acceptors (Lipinski definition) is 5. The Labute approximate surface area is 178 Å². The number of aryl methyl sites for hydroxylation is 2. The SMILES string of the molecule is CCn1c(C(=O)N2CCN(c3ccc([N+](=O)[O-])cn3)CC2)c(C)c2cc(Cl)ccc21. The van der Waals surface area contributed by atoms with Crippen molar-refractivity contribution in [3.8, 4) is 0 Å². The van der Waals surface area contributed by atoms with Crippen molar-refractivity contribution in [3.05, 3.63) is 62.9 Å². The lowest BCUT2D eigenvalue weighted by Crippen LogP contribution is -2.49. The summed E-state index contributed by atoms with van der Waals surface area (Å²) >= 11 is 6.17. The Morgan fingerprint density at radius 3 is 2.53 bits per heavy atom. The van der Waals surface area contributed by atoms with Gasteiger partial charge in [0.25, 0.3) is 11.6 Å². The number of carbonyl (C=O) groups is 1. The monoisotopic (exact) mass is 427 g/mol. The normalized spacial score (nSPS) is 14.4. The molecule has 0 unspecified atom stereocenters. The fourth-order valence-corrected chi connectivity index (χ4v) is 4.23. The average Bonchev–Trinajstić information content (AvgIpc) is 3.04. The minimum Gasteiger partial charge on any atom is -0.353 e. The van der Waals surface area contributed by atoms with Gasteiger partial charge < -0.3 is 14.4 Å². The molecule has 1 saturated heterocycles. The van der Waals surface area contributed by atoms with Crippen molar-refractivity contribution in [2.24, 2.45) is 0 Å². The first-order valence-corrected chi connectivity index (χ1v) is 10.2. The van der Waals surface area contributed by atoms with Crippen LogP contribution >= 0.6 is 11.6 Å². The van der Waals surface area contributed by atoms with Crippen LogP contribution in [-0.2, 0) is 6.54 Å². The van der Waals surface area contributed by atoms with E-state index in [-0.39, 0.29) is 11.6 Å². The summed E-state index contributed by atoms with van der Waals surface area (Å²) in [6, 6.07) is 8.82. The molecule has 156 valence electrons. The molecule has 0 bridgehead atoms. The Balaban J connectivity index is 1.53. The highest BCUT2D eigenvalue weighted by Crippen LogP contribution is 2.29. The second kappa shape index (κ2) is 7.95. The van der Waals surface area contributed by atoms with E-state index in [0.717, 1.165) is 16.5 Å². The van der Waals surface area contributed by atoms with Gasteiger partial charge in [-0.25, -0.2) is 4.98 Å². The van der Waals surface area contributed by atoms with Crippen LogP contribution < -0.4 is 4.90 Å². The summed E-state index contributed by atoms with van der Waals surface area (Å²) in [6.45, 7) is 7.05. The van der Waals surface area contributed by atoms with Gasteiger partial charge in [0.1, 0.15) is 17.7 Å². The van der Waals surface area contributed by atoms with Crippen molar-refractivity contribution < 1.29 is 9.72 Å². The molecule has 3 heterocycles. The van der Waals surface area contributed by atoms with E-state index in [1.54, 1.807) is 6.07 Å². The van der Waals surface area contributed by atoms with Gasteiger partial charge in [-0.1, -0.05) is 11.6 Å². The molecule has 0 saturated carbocycles. The number of piperazine rings is 1. The van der Waals surface area contributed by atoms with Gasteiger partial charge in [-0.15, -0.1) is 0 Å². The Kier molecular flexibility index (Phi) is 5.34. The molecule has 1 amide bonds. The van der Waals surface area contributed by atoms with Gasteiger partial charge >= 0.3 is 0 Å². The van der Waals surface area contributed by atoms with Crippen molar-refractivity contribution in [2.45, 2.75) is 20.4 Å². The molecule has 3 aromatic rings. The molecule has 0 spiro atoms. The van der Waals surface area contributed by atoms with Crippen molar-refractivity contribution in [3.63, 3.8) is 0 Å². The number of nitrogens with zero attached hydrogens (tertiary/aromatic N) is 5. The third-order valence-corrected chi connectivity index (χ3v) is 5.87. The average molecular weight is 428 g/mol. The van der Waals surface area contributed by atoms with E-state index in [1.807, 2.05) is 46.4 Å². The molecule has 0 N–H and O–H groups in total. The molecule has 0 radical (unpaired) electrons. The van der Waals surface area contributed by atoms with Crippen LogP contribution in [0.15, 0.2) is 36.5 Å². The molecule has 4 rings (SSSR count). The number of pyridine rings is 1. The van der Waals surface area contributed by atoms with Crippen LogP contribution in [0.5, 0.6) is 0 Å². The van der Waals surface area contributed by atoms with Crippen LogP contribution in [0.3, 0.4) is 0 Å². The van der Waals surface area contributed by atoms with Crippen molar-refractivity contribution in [2.75, 3.05) is 31.1 Å². The first-order chi connectivity index (χ1) is 14.4. The molecule has 0 atom stereocenters. The van der Waals surface area contributed by atoms with Crippen molar-refractivity contribution in [1.29, 1.82) is 0 Å². The maximum Gasteiger partial charge on any atom is 0.287 e. The number of anilines is 1. The number of benzene rings is 1. The first kappa shape index (κ1) is 20.2. The van der Waals surface area contributed by atoms with Crippen LogP contribution in [-0.4, -0.2) is 51.5 Å². The number of carbonyl (C=O) groups excluding carboxylic acids is 1. The van der Waals surface area contributed by atoms with E-state index < -0.39 is 4.92 Å². The Morgan fingerprint density at radius 1 is 1.20 bits per heavy atom. The van der Waals surface area contributed by atoms with E-state index in [2.05, 4.69) is 4.98 Å². The van der Waals surface area contributed by atoms with Gasteiger partial charge in [-0.2, -0.15) is 0 Å². The lowest BCUT2D eigenvalue weighted by Gasteiger charge is -2.35. The predicted molar refractivity (Wildman–Crippen MR) is 116 cm³/mol. The van der Waals surface area contributed by atoms with Crippen molar-refractivity contribution in [1.82, 2.24) is 14.5 Å². The summed E-state index contributed by atoms with van der Waals surface area (Å²) in [5.41, 5.74) is 2.63. The van der Waals surface area contributed by atoms with Crippen molar-refractivity contribution >= 4 is 39.9 Å². The number of amides is 1. The number of halogens is 1. The summed E-state index contributed by atoms with van der Waals surface area (Å²) in [5, 5.41) is 12.5. The standard InChI is InChI=1S/C21H22ClN5O3/c1-3-26-18-6-4-15(22)12-17(18)14(2)20(26)21(28)25-10-8-24(9-11-25)19-7-5-16(13-23-19)27(29)30/h4-7,12-13H,3,8-11H2,1-2H3. The fourth-order valence-electron chi connectivity index (χ4n) is 4.06. The summed E-state index contributed by atoms with van der Waals surface area (Å²) in [4.78, 5) is 31.8.